The molecule has 0 spiro atoms. The minimum Gasteiger partial charge on any atom is -0.497 e. The van der Waals surface area contributed by atoms with E-state index in [0.29, 0.717) is 5.56 Å². The van der Waals surface area contributed by atoms with E-state index in [1.165, 1.54) is 0 Å². The lowest BCUT2D eigenvalue weighted by Crippen LogP contribution is -1.99. The van der Waals surface area contributed by atoms with Crippen LogP contribution in [-0.4, -0.2) is 12.1 Å². The summed E-state index contributed by atoms with van der Waals surface area (Å²) < 4.78 is 5.18. The van der Waals surface area contributed by atoms with Crippen LogP contribution in [0.1, 0.15) is 11.1 Å². The molecule has 4 heteroatoms. The van der Waals surface area contributed by atoms with Gasteiger partial charge in [-0.3, -0.25) is 0 Å². The molecule has 0 bridgehead atoms. The van der Waals surface area contributed by atoms with Gasteiger partial charge in [0.15, 0.2) is 0 Å². The summed E-state index contributed by atoms with van der Waals surface area (Å²) in [5.74, 6) is 1.01. The molecule has 1 aromatic heterocycles. The minimum absolute atomic E-state index is 0.237. The Balaban J connectivity index is 2.15. The van der Waals surface area contributed by atoms with E-state index in [9.17, 15) is 5.26 Å². The van der Waals surface area contributed by atoms with Crippen LogP contribution in [0.3, 0.4) is 0 Å². The number of rotatable bonds is 3. The Kier molecular flexibility index (Phi) is 4.17. The summed E-state index contributed by atoms with van der Waals surface area (Å²) >= 11 is 0. The Morgan fingerprint density at radius 1 is 1.00 bits per heavy atom. The first-order valence-corrected chi connectivity index (χ1v) is 7.54. The molecule has 0 aliphatic rings. The van der Waals surface area contributed by atoms with E-state index in [1.54, 1.807) is 7.11 Å². The molecular formula is C20H17N3O. The maximum atomic E-state index is 9.46. The van der Waals surface area contributed by atoms with Crippen molar-refractivity contribution in [2.45, 2.75) is 6.92 Å². The number of nitrogen functional groups attached to an aromatic ring is 1. The standard InChI is InChI=1S/C20H17N3O/c1-13-3-5-14(6-4-13)17-11-19(23-20(22)18(17)12-21)15-7-9-16(24-2)10-8-15/h3-11H,1-2H3,(H2,22,23). The third-order valence-corrected chi connectivity index (χ3v) is 3.91. The SMILES string of the molecule is COc1ccc(-c2cc(-c3ccc(C)cc3)c(C#N)c(N)n2)cc1. The average molecular weight is 315 g/mol. The number of nitrogens with two attached hydrogens (primary N) is 1. The van der Waals surface area contributed by atoms with Gasteiger partial charge in [-0.2, -0.15) is 5.26 Å². The van der Waals surface area contributed by atoms with Crippen molar-refractivity contribution >= 4 is 5.82 Å². The molecule has 3 rings (SSSR count). The van der Waals surface area contributed by atoms with E-state index in [0.717, 1.165) is 33.7 Å². The molecule has 0 radical (unpaired) electrons. The molecule has 0 atom stereocenters. The second kappa shape index (κ2) is 6.43. The maximum absolute atomic E-state index is 9.46. The van der Waals surface area contributed by atoms with Crippen LogP contribution in [0.5, 0.6) is 5.75 Å². The molecule has 118 valence electrons. The lowest BCUT2D eigenvalue weighted by Gasteiger charge is -2.11. The molecular weight excluding hydrogens is 298 g/mol. The smallest absolute Gasteiger partial charge is 0.142 e. The molecule has 0 saturated carbocycles. The van der Waals surface area contributed by atoms with Gasteiger partial charge < -0.3 is 10.5 Å². The lowest BCUT2D eigenvalue weighted by atomic mass is 9.98. The van der Waals surface area contributed by atoms with Crippen LogP contribution in [0.25, 0.3) is 22.4 Å². The Hall–Kier alpha value is -3.32. The molecule has 0 unspecified atom stereocenters. The predicted molar refractivity (Wildman–Crippen MR) is 95.5 cm³/mol. The van der Waals surface area contributed by atoms with Crippen LogP contribution in [0.15, 0.2) is 54.6 Å². The van der Waals surface area contributed by atoms with Gasteiger partial charge in [-0.1, -0.05) is 29.8 Å². The van der Waals surface area contributed by atoms with Gasteiger partial charge in [0, 0.05) is 11.1 Å². The van der Waals surface area contributed by atoms with Crippen molar-refractivity contribution in [3.8, 4) is 34.2 Å². The number of ether oxygens (including phenoxy) is 1. The molecule has 2 aromatic carbocycles. The third kappa shape index (κ3) is 2.92. The van der Waals surface area contributed by atoms with Crippen molar-refractivity contribution in [3.05, 3.63) is 65.7 Å². The van der Waals surface area contributed by atoms with Gasteiger partial charge in [0.05, 0.1) is 12.8 Å². The largest absolute Gasteiger partial charge is 0.497 e. The molecule has 0 aliphatic heterocycles. The number of pyridine rings is 1. The number of nitrogens with zero attached hydrogens (tertiary/aromatic N) is 2. The summed E-state index contributed by atoms with van der Waals surface area (Å²) in [5.41, 5.74) is 11.0. The van der Waals surface area contributed by atoms with Gasteiger partial charge in [0.2, 0.25) is 0 Å². The number of methoxy groups -OCH3 is 1. The van der Waals surface area contributed by atoms with Crippen molar-refractivity contribution in [1.29, 1.82) is 5.26 Å². The molecule has 0 saturated heterocycles. The predicted octanol–water partition coefficient (Wildman–Crippen LogP) is 4.19. The fourth-order valence-corrected chi connectivity index (χ4v) is 2.55. The summed E-state index contributed by atoms with van der Waals surface area (Å²) in [6.45, 7) is 2.03. The van der Waals surface area contributed by atoms with Gasteiger partial charge in [-0.25, -0.2) is 4.98 Å². The summed E-state index contributed by atoms with van der Waals surface area (Å²) in [6.07, 6.45) is 0. The average Bonchev–Trinajstić information content (AvgIpc) is 2.62. The summed E-state index contributed by atoms with van der Waals surface area (Å²) in [6, 6.07) is 19.7. The van der Waals surface area contributed by atoms with Crippen LogP contribution in [0.4, 0.5) is 5.82 Å². The first kappa shape index (κ1) is 15.6. The van der Waals surface area contributed by atoms with Gasteiger partial charge in [-0.05, 0) is 42.8 Å². The molecule has 3 aromatic rings. The highest BCUT2D eigenvalue weighted by Crippen LogP contribution is 2.31. The molecule has 1 heterocycles. The number of aryl methyl sites for hydroxylation is 1. The highest BCUT2D eigenvalue weighted by molar-refractivity contribution is 5.80. The van der Waals surface area contributed by atoms with Crippen LogP contribution in [-0.2, 0) is 0 Å². The Morgan fingerprint density at radius 2 is 1.62 bits per heavy atom. The van der Waals surface area contributed by atoms with E-state index >= 15 is 0 Å². The van der Waals surface area contributed by atoms with Crippen molar-refractivity contribution < 1.29 is 4.74 Å². The number of benzene rings is 2. The van der Waals surface area contributed by atoms with E-state index in [1.807, 2.05) is 61.5 Å². The summed E-state index contributed by atoms with van der Waals surface area (Å²) in [7, 11) is 1.63. The summed E-state index contributed by atoms with van der Waals surface area (Å²) in [5, 5.41) is 9.46. The van der Waals surface area contributed by atoms with Crippen LogP contribution in [0.2, 0.25) is 0 Å². The fraction of sp³-hybridized carbons (Fsp3) is 0.100. The second-order valence-electron chi connectivity index (χ2n) is 5.52. The first-order chi connectivity index (χ1) is 11.6. The van der Waals surface area contributed by atoms with E-state index in [4.69, 9.17) is 10.5 Å². The van der Waals surface area contributed by atoms with Gasteiger partial charge in [0.1, 0.15) is 23.2 Å². The van der Waals surface area contributed by atoms with Crippen molar-refractivity contribution in [3.63, 3.8) is 0 Å². The monoisotopic (exact) mass is 315 g/mol. The molecule has 4 nitrogen and oxygen atoms in total. The van der Waals surface area contributed by atoms with E-state index in [2.05, 4.69) is 11.1 Å². The van der Waals surface area contributed by atoms with Crippen molar-refractivity contribution in [1.82, 2.24) is 4.98 Å². The molecule has 24 heavy (non-hydrogen) atoms. The number of hydrogen-bond donors (Lipinski definition) is 1. The maximum Gasteiger partial charge on any atom is 0.142 e. The van der Waals surface area contributed by atoms with Gasteiger partial charge in [0.25, 0.3) is 0 Å². The van der Waals surface area contributed by atoms with Gasteiger partial charge in [-0.15, -0.1) is 0 Å². The fourth-order valence-electron chi connectivity index (χ4n) is 2.55. The third-order valence-electron chi connectivity index (χ3n) is 3.91. The Bertz CT molecular complexity index is 907. The second-order valence-corrected chi connectivity index (χ2v) is 5.52. The number of nitriles is 1. The van der Waals surface area contributed by atoms with Crippen LogP contribution >= 0.6 is 0 Å². The normalized spacial score (nSPS) is 10.2. The topological polar surface area (TPSA) is 71.9 Å². The first-order valence-electron chi connectivity index (χ1n) is 7.54. The number of hydrogen-bond acceptors (Lipinski definition) is 4. The molecule has 2 N–H and O–H groups in total. The van der Waals surface area contributed by atoms with Crippen LogP contribution in [0, 0.1) is 18.3 Å². The van der Waals surface area contributed by atoms with Crippen molar-refractivity contribution in [2.24, 2.45) is 0 Å². The van der Waals surface area contributed by atoms with E-state index < -0.39 is 0 Å². The highest BCUT2D eigenvalue weighted by atomic mass is 16.5. The lowest BCUT2D eigenvalue weighted by molar-refractivity contribution is 0.415. The zero-order chi connectivity index (χ0) is 17.1. The zero-order valence-electron chi connectivity index (χ0n) is 13.6. The zero-order valence-corrected chi connectivity index (χ0v) is 13.6. The molecule has 0 amide bonds. The van der Waals surface area contributed by atoms with Gasteiger partial charge >= 0.3 is 0 Å². The Morgan fingerprint density at radius 3 is 2.21 bits per heavy atom. The van der Waals surface area contributed by atoms with Crippen molar-refractivity contribution in [2.75, 3.05) is 12.8 Å². The van der Waals surface area contributed by atoms with Crippen LogP contribution < -0.4 is 10.5 Å². The molecule has 0 aliphatic carbocycles. The number of anilines is 1. The minimum atomic E-state index is 0.237. The summed E-state index contributed by atoms with van der Waals surface area (Å²) in [4.78, 5) is 4.39. The quantitative estimate of drug-likeness (QED) is 0.786. The Labute approximate surface area is 141 Å². The highest BCUT2D eigenvalue weighted by Gasteiger charge is 2.13. The number of aromatic nitrogens is 1. The van der Waals surface area contributed by atoms with E-state index in [-0.39, 0.29) is 5.82 Å². The molecule has 0 fully saturated rings.